The van der Waals surface area contributed by atoms with Gasteiger partial charge in [0.05, 0.1) is 5.71 Å². The molecule has 0 bridgehead atoms. The van der Waals surface area contributed by atoms with Gasteiger partial charge in [0.25, 0.3) is 0 Å². The maximum atomic E-state index is 11.9. The highest BCUT2D eigenvalue weighted by Crippen LogP contribution is 2.24. The minimum atomic E-state index is -0.436. The first kappa shape index (κ1) is 16.7. The number of benzene rings is 1. The second kappa shape index (κ2) is 7.61. The Morgan fingerprint density at radius 3 is 3.00 bits per heavy atom. The summed E-state index contributed by atoms with van der Waals surface area (Å²) >= 11 is 1.26. The van der Waals surface area contributed by atoms with Gasteiger partial charge in [-0.2, -0.15) is 5.10 Å². The van der Waals surface area contributed by atoms with Gasteiger partial charge >= 0.3 is 0 Å². The van der Waals surface area contributed by atoms with Gasteiger partial charge in [-0.3, -0.25) is 9.59 Å². The fourth-order valence-corrected chi connectivity index (χ4v) is 3.75. The molecule has 1 aliphatic heterocycles. The van der Waals surface area contributed by atoms with Crippen LogP contribution in [0.25, 0.3) is 0 Å². The van der Waals surface area contributed by atoms with E-state index in [1.165, 1.54) is 17.3 Å². The van der Waals surface area contributed by atoms with Crippen LogP contribution in [0.15, 0.2) is 34.5 Å². The maximum absolute atomic E-state index is 11.9. The van der Waals surface area contributed by atoms with Crippen LogP contribution in [-0.2, 0) is 16.0 Å². The summed E-state index contributed by atoms with van der Waals surface area (Å²) in [6, 6.07) is 8.21. The van der Waals surface area contributed by atoms with Crippen LogP contribution < -0.4 is 10.6 Å². The minimum Gasteiger partial charge on any atom is -0.356 e. The Hall–Kier alpha value is -2.15. The summed E-state index contributed by atoms with van der Waals surface area (Å²) in [4.78, 5) is 23.6. The van der Waals surface area contributed by atoms with E-state index in [4.69, 9.17) is 0 Å². The molecule has 0 spiro atoms. The summed E-state index contributed by atoms with van der Waals surface area (Å²) in [5.41, 5.74) is 3.38. The van der Waals surface area contributed by atoms with Crippen molar-refractivity contribution in [1.82, 2.24) is 10.6 Å². The minimum absolute atomic E-state index is 0.126. The van der Waals surface area contributed by atoms with E-state index in [0.717, 1.165) is 30.5 Å². The molecule has 2 amide bonds. The monoisotopic (exact) mass is 344 g/mol. The van der Waals surface area contributed by atoms with Crippen LogP contribution in [0.2, 0.25) is 0 Å². The lowest BCUT2D eigenvalue weighted by Gasteiger charge is -2.16. The molecule has 1 aliphatic carbocycles. The van der Waals surface area contributed by atoms with Gasteiger partial charge in [0.15, 0.2) is 5.17 Å². The molecule has 126 valence electrons. The standard InChI is InChI=1S/C17H20N4O2S/c1-2-18-15(22)10-14-16(23)19-17(24-14)21-20-13-9-5-7-11-6-3-4-8-12(11)13/h3-4,6,8,14H,2,5,7,9-10H2,1H3,(H,18,22)(H,19,21,23)/b20-13+. The molecular formula is C17H20N4O2S. The number of thioether (sulfide) groups is 1. The highest BCUT2D eigenvalue weighted by atomic mass is 32.2. The lowest BCUT2D eigenvalue weighted by Crippen LogP contribution is -2.31. The number of aryl methyl sites for hydroxylation is 1. The van der Waals surface area contributed by atoms with E-state index in [1.807, 2.05) is 19.1 Å². The molecule has 7 heteroatoms. The van der Waals surface area contributed by atoms with Crippen molar-refractivity contribution in [3.63, 3.8) is 0 Å². The lowest BCUT2D eigenvalue weighted by molar-refractivity contribution is -0.125. The van der Waals surface area contributed by atoms with Crippen molar-refractivity contribution in [2.45, 2.75) is 37.9 Å². The number of rotatable bonds is 4. The van der Waals surface area contributed by atoms with Gasteiger partial charge in [0, 0.05) is 18.5 Å². The highest BCUT2D eigenvalue weighted by molar-refractivity contribution is 8.15. The molecule has 1 aromatic carbocycles. The second-order valence-electron chi connectivity index (χ2n) is 5.72. The van der Waals surface area contributed by atoms with Crippen molar-refractivity contribution in [2.75, 3.05) is 6.54 Å². The lowest BCUT2D eigenvalue weighted by atomic mass is 9.90. The number of amides is 2. The molecule has 6 nitrogen and oxygen atoms in total. The summed E-state index contributed by atoms with van der Waals surface area (Å²) in [6.07, 6.45) is 3.16. The molecule has 1 aromatic rings. The van der Waals surface area contributed by atoms with Crippen LogP contribution in [0.1, 0.15) is 37.3 Å². The molecule has 1 unspecified atom stereocenters. The summed E-state index contributed by atoms with van der Waals surface area (Å²) in [7, 11) is 0. The number of amidine groups is 1. The zero-order valence-electron chi connectivity index (χ0n) is 13.5. The molecule has 0 saturated carbocycles. The molecule has 24 heavy (non-hydrogen) atoms. The normalized spacial score (nSPS) is 23.2. The van der Waals surface area contributed by atoms with Crippen LogP contribution in [0.3, 0.4) is 0 Å². The van der Waals surface area contributed by atoms with E-state index < -0.39 is 5.25 Å². The molecule has 2 N–H and O–H groups in total. The number of nitrogens with one attached hydrogen (secondary N) is 2. The van der Waals surface area contributed by atoms with Crippen LogP contribution in [0, 0.1) is 0 Å². The van der Waals surface area contributed by atoms with Crippen molar-refractivity contribution >= 4 is 34.5 Å². The number of hydrogen-bond donors (Lipinski definition) is 2. The van der Waals surface area contributed by atoms with Crippen LogP contribution in [-0.4, -0.2) is 34.5 Å². The quantitative estimate of drug-likeness (QED) is 0.818. The van der Waals surface area contributed by atoms with Gasteiger partial charge in [-0.1, -0.05) is 36.0 Å². The van der Waals surface area contributed by atoms with Crippen LogP contribution in [0.5, 0.6) is 0 Å². The Labute approximate surface area is 145 Å². The molecule has 3 rings (SSSR count). The topological polar surface area (TPSA) is 82.9 Å². The predicted octanol–water partition coefficient (Wildman–Crippen LogP) is 1.84. The highest BCUT2D eigenvalue weighted by Gasteiger charge is 2.32. The molecule has 1 saturated heterocycles. The third kappa shape index (κ3) is 3.84. The third-order valence-corrected chi connectivity index (χ3v) is 5.04. The Balaban J connectivity index is 1.70. The fraction of sp³-hybridized carbons (Fsp3) is 0.412. The smallest absolute Gasteiger partial charge is 0.240 e. The molecule has 0 aromatic heterocycles. The Morgan fingerprint density at radius 1 is 1.33 bits per heavy atom. The molecule has 0 radical (unpaired) electrons. The van der Waals surface area contributed by atoms with Gasteiger partial charge in [0.2, 0.25) is 11.8 Å². The van der Waals surface area contributed by atoms with Gasteiger partial charge < -0.3 is 10.6 Å². The van der Waals surface area contributed by atoms with Crippen molar-refractivity contribution in [3.05, 3.63) is 35.4 Å². The van der Waals surface area contributed by atoms with E-state index in [0.29, 0.717) is 11.7 Å². The Bertz CT molecular complexity index is 714. The van der Waals surface area contributed by atoms with Crippen LogP contribution >= 0.6 is 11.8 Å². The number of carbonyl (C=O) groups is 2. The van der Waals surface area contributed by atoms with E-state index in [-0.39, 0.29) is 18.2 Å². The number of fused-ring (bicyclic) bond motifs is 1. The molecule has 1 atom stereocenters. The largest absolute Gasteiger partial charge is 0.356 e. The number of carbonyl (C=O) groups excluding carboxylic acids is 2. The molecule has 1 heterocycles. The first-order chi connectivity index (χ1) is 11.7. The third-order valence-electron chi connectivity index (χ3n) is 3.97. The van der Waals surface area contributed by atoms with E-state index in [2.05, 4.69) is 33.0 Å². The van der Waals surface area contributed by atoms with Gasteiger partial charge in [0.1, 0.15) is 5.25 Å². The summed E-state index contributed by atoms with van der Waals surface area (Å²) in [5, 5.41) is 14.0. The average molecular weight is 344 g/mol. The first-order valence-corrected chi connectivity index (χ1v) is 9.02. The van der Waals surface area contributed by atoms with Crippen molar-refractivity contribution < 1.29 is 9.59 Å². The Kier molecular flexibility index (Phi) is 5.30. The van der Waals surface area contributed by atoms with Crippen molar-refractivity contribution in [3.8, 4) is 0 Å². The predicted molar refractivity (Wildman–Crippen MR) is 96.2 cm³/mol. The summed E-state index contributed by atoms with van der Waals surface area (Å²) in [6.45, 7) is 2.41. The van der Waals surface area contributed by atoms with Crippen LogP contribution in [0.4, 0.5) is 0 Å². The van der Waals surface area contributed by atoms with Crippen molar-refractivity contribution in [2.24, 2.45) is 10.2 Å². The molecule has 2 aliphatic rings. The zero-order valence-corrected chi connectivity index (χ0v) is 14.4. The van der Waals surface area contributed by atoms with E-state index in [1.54, 1.807) is 0 Å². The number of nitrogens with zero attached hydrogens (tertiary/aromatic N) is 2. The first-order valence-electron chi connectivity index (χ1n) is 8.14. The van der Waals surface area contributed by atoms with E-state index >= 15 is 0 Å². The van der Waals surface area contributed by atoms with Crippen molar-refractivity contribution in [1.29, 1.82) is 0 Å². The summed E-state index contributed by atoms with van der Waals surface area (Å²) < 4.78 is 0. The molecular weight excluding hydrogens is 324 g/mol. The van der Waals surface area contributed by atoms with Gasteiger partial charge in [-0.05, 0) is 31.7 Å². The second-order valence-corrected chi connectivity index (χ2v) is 6.91. The summed E-state index contributed by atoms with van der Waals surface area (Å²) in [5.74, 6) is -0.312. The van der Waals surface area contributed by atoms with Gasteiger partial charge in [-0.15, -0.1) is 5.10 Å². The Morgan fingerprint density at radius 2 is 2.17 bits per heavy atom. The average Bonchev–Trinajstić information content (AvgIpc) is 2.93. The number of hydrogen-bond acceptors (Lipinski definition) is 5. The SMILES string of the molecule is CCNC(=O)CC1S/C(=N\N=C2/CCCc3ccccc32)NC1=O. The fourth-order valence-electron chi connectivity index (χ4n) is 2.83. The van der Waals surface area contributed by atoms with E-state index in [9.17, 15) is 9.59 Å². The zero-order chi connectivity index (χ0) is 16.9. The van der Waals surface area contributed by atoms with Gasteiger partial charge in [-0.25, -0.2) is 0 Å². The molecule has 1 fully saturated rings. The maximum Gasteiger partial charge on any atom is 0.240 e.